The van der Waals surface area contributed by atoms with E-state index < -0.39 is 16.0 Å². The van der Waals surface area contributed by atoms with Gasteiger partial charge >= 0.3 is 5.97 Å². The van der Waals surface area contributed by atoms with Gasteiger partial charge in [-0.05, 0) is 19.2 Å². The Morgan fingerprint density at radius 2 is 2.16 bits per heavy atom. The second-order valence-electron chi connectivity index (χ2n) is 3.58. The van der Waals surface area contributed by atoms with Crippen molar-refractivity contribution in [3.05, 3.63) is 17.8 Å². The van der Waals surface area contributed by atoms with Crippen LogP contribution in [-0.2, 0) is 14.8 Å². The number of nitrogen functional groups attached to an aromatic ring is 1. The molecule has 0 radical (unpaired) electrons. The van der Waals surface area contributed by atoms with Crippen molar-refractivity contribution in [1.29, 1.82) is 0 Å². The number of nitrogens with zero attached hydrogens (tertiary/aromatic N) is 1. The Kier molecular flexibility index (Phi) is 5.07. The number of anilines is 2. The van der Waals surface area contributed by atoms with Crippen LogP contribution in [0.1, 0.15) is 10.5 Å². The highest BCUT2D eigenvalue weighted by atomic mass is 32.2. The molecule has 0 aliphatic heterocycles. The summed E-state index contributed by atoms with van der Waals surface area (Å²) in [5.41, 5.74) is 6.08. The van der Waals surface area contributed by atoms with Crippen LogP contribution in [-0.4, -0.2) is 45.8 Å². The summed E-state index contributed by atoms with van der Waals surface area (Å²) < 4.78 is 29.2. The van der Waals surface area contributed by atoms with E-state index in [1.807, 2.05) is 0 Å². The molecule has 0 spiro atoms. The Balaban J connectivity index is 2.75. The van der Waals surface area contributed by atoms with Gasteiger partial charge in [-0.3, -0.25) is 0 Å². The van der Waals surface area contributed by atoms with Gasteiger partial charge in [-0.2, -0.15) is 0 Å². The Hall–Kier alpha value is -1.87. The number of carbonyl (C=O) groups is 1. The molecule has 0 saturated carbocycles. The number of nitrogens with one attached hydrogen (secondary N) is 2. The Bertz CT molecular complexity index is 559. The number of hydrogen-bond acceptors (Lipinski definition) is 7. The number of aromatic nitrogens is 1. The van der Waals surface area contributed by atoms with Gasteiger partial charge in [0.2, 0.25) is 10.0 Å². The van der Waals surface area contributed by atoms with Gasteiger partial charge in [-0.1, -0.05) is 0 Å². The number of ether oxygens (including phenoxy) is 1. The number of methoxy groups -OCH3 is 1. The molecule has 1 aromatic heterocycles. The van der Waals surface area contributed by atoms with Gasteiger partial charge in [-0.15, -0.1) is 0 Å². The molecular formula is C10H16N4O4S. The Labute approximate surface area is 111 Å². The average Bonchev–Trinajstić information content (AvgIpc) is 2.40. The Morgan fingerprint density at radius 3 is 2.74 bits per heavy atom. The fraction of sp³-hybridized carbons (Fsp3) is 0.400. The van der Waals surface area contributed by atoms with E-state index in [0.29, 0.717) is 5.69 Å². The van der Waals surface area contributed by atoms with Crippen LogP contribution in [0.4, 0.5) is 11.5 Å². The number of hydrogen-bond donors (Lipinski definition) is 3. The molecule has 0 aromatic carbocycles. The second-order valence-corrected chi connectivity index (χ2v) is 5.62. The van der Waals surface area contributed by atoms with Crippen LogP contribution < -0.4 is 15.8 Å². The number of pyridine rings is 1. The third-order valence-corrected chi connectivity index (χ3v) is 3.66. The summed E-state index contributed by atoms with van der Waals surface area (Å²) in [5.74, 6) is -0.479. The van der Waals surface area contributed by atoms with E-state index in [1.54, 1.807) is 0 Å². The predicted molar refractivity (Wildman–Crippen MR) is 71.3 cm³/mol. The number of rotatable bonds is 6. The summed E-state index contributed by atoms with van der Waals surface area (Å²) in [7, 11) is -0.730. The standard InChI is InChI=1S/C10H16N4O4S/c1-12-19(16,17)6-5-13-9-7(11)3-4-8(14-9)10(15)18-2/h3-4,12H,5-6,11H2,1-2H3,(H,13,14). The molecule has 1 aromatic rings. The summed E-state index contributed by atoms with van der Waals surface area (Å²) in [6.07, 6.45) is 0. The normalized spacial score (nSPS) is 11.1. The molecule has 0 amide bonds. The van der Waals surface area contributed by atoms with Crippen molar-refractivity contribution >= 4 is 27.5 Å². The summed E-state index contributed by atoms with van der Waals surface area (Å²) in [5, 5.41) is 2.76. The first-order chi connectivity index (χ1) is 8.89. The van der Waals surface area contributed by atoms with Crippen LogP contribution in [0.15, 0.2) is 12.1 Å². The van der Waals surface area contributed by atoms with E-state index in [0.717, 1.165) is 0 Å². The minimum absolute atomic E-state index is 0.0932. The van der Waals surface area contributed by atoms with Crippen molar-refractivity contribution < 1.29 is 17.9 Å². The van der Waals surface area contributed by atoms with Crippen molar-refractivity contribution in [2.24, 2.45) is 0 Å². The zero-order valence-electron chi connectivity index (χ0n) is 10.6. The van der Waals surface area contributed by atoms with Crippen LogP contribution in [0, 0.1) is 0 Å². The third-order valence-electron chi connectivity index (χ3n) is 2.30. The molecule has 0 atom stereocenters. The van der Waals surface area contributed by atoms with Gasteiger partial charge in [0.15, 0.2) is 5.69 Å². The highest BCUT2D eigenvalue weighted by Gasteiger charge is 2.11. The van der Waals surface area contributed by atoms with Gasteiger partial charge in [-0.25, -0.2) is 22.9 Å². The summed E-state index contributed by atoms with van der Waals surface area (Å²) in [6.45, 7) is 0.116. The highest BCUT2D eigenvalue weighted by molar-refractivity contribution is 7.89. The van der Waals surface area contributed by atoms with Crippen molar-refractivity contribution in [3.63, 3.8) is 0 Å². The number of sulfonamides is 1. The zero-order valence-corrected chi connectivity index (χ0v) is 11.5. The zero-order chi connectivity index (χ0) is 14.5. The lowest BCUT2D eigenvalue weighted by Crippen LogP contribution is -2.26. The van der Waals surface area contributed by atoms with E-state index >= 15 is 0 Å². The van der Waals surface area contributed by atoms with Crippen molar-refractivity contribution in [2.45, 2.75) is 0 Å². The fourth-order valence-corrected chi connectivity index (χ4v) is 1.81. The van der Waals surface area contributed by atoms with Gasteiger partial charge < -0.3 is 15.8 Å². The monoisotopic (exact) mass is 288 g/mol. The lowest BCUT2D eigenvalue weighted by molar-refractivity contribution is 0.0594. The summed E-state index contributed by atoms with van der Waals surface area (Å²) in [6, 6.07) is 2.92. The van der Waals surface area contributed by atoms with Crippen molar-refractivity contribution in [2.75, 3.05) is 37.5 Å². The topological polar surface area (TPSA) is 123 Å². The van der Waals surface area contributed by atoms with E-state index in [9.17, 15) is 13.2 Å². The third kappa shape index (κ3) is 4.38. The predicted octanol–water partition coefficient (Wildman–Crippen LogP) is -0.588. The first-order valence-corrected chi connectivity index (χ1v) is 7.05. The molecule has 0 saturated heterocycles. The van der Waals surface area contributed by atoms with E-state index in [-0.39, 0.29) is 23.8 Å². The van der Waals surface area contributed by atoms with E-state index in [1.165, 1.54) is 26.3 Å². The van der Waals surface area contributed by atoms with Gasteiger partial charge in [0.1, 0.15) is 5.82 Å². The van der Waals surface area contributed by atoms with Crippen molar-refractivity contribution in [1.82, 2.24) is 9.71 Å². The maximum atomic E-state index is 11.3. The van der Waals surface area contributed by atoms with E-state index in [4.69, 9.17) is 5.73 Å². The molecule has 0 aliphatic carbocycles. The van der Waals surface area contributed by atoms with Crippen LogP contribution >= 0.6 is 0 Å². The molecule has 1 rings (SSSR count). The lowest BCUT2D eigenvalue weighted by atomic mass is 10.3. The van der Waals surface area contributed by atoms with Gasteiger partial charge in [0.05, 0.1) is 18.6 Å². The minimum atomic E-state index is -3.31. The first-order valence-electron chi connectivity index (χ1n) is 5.39. The summed E-state index contributed by atoms with van der Waals surface area (Å²) >= 11 is 0. The summed E-state index contributed by atoms with van der Waals surface area (Å²) in [4.78, 5) is 15.3. The van der Waals surface area contributed by atoms with E-state index in [2.05, 4.69) is 19.8 Å². The molecule has 0 aliphatic rings. The van der Waals surface area contributed by atoms with Crippen molar-refractivity contribution in [3.8, 4) is 0 Å². The van der Waals surface area contributed by atoms with Crippen LogP contribution in [0.25, 0.3) is 0 Å². The molecule has 0 fully saturated rings. The maximum absolute atomic E-state index is 11.3. The number of nitrogens with two attached hydrogens (primary N) is 1. The van der Waals surface area contributed by atoms with Gasteiger partial charge in [0.25, 0.3) is 0 Å². The van der Waals surface area contributed by atoms with Crippen LogP contribution in [0.5, 0.6) is 0 Å². The molecule has 9 heteroatoms. The smallest absolute Gasteiger partial charge is 0.356 e. The SMILES string of the molecule is CNS(=O)(=O)CCNc1nc(C(=O)OC)ccc1N. The molecular weight excluding hydrogens is 272 g/mol. The number of carbonyl (C=O) groups excluding carboxylic acids is 1. The molecule has 0 bridgehead atoms. The lowest BCUT2D eigenvalue weighted by Gasteiger charge is -2.09. The largest absolute Gasteiger partial charge is 0.464 e. The fourth-order valence-electron chi connectivity index (χ4n) is 1.24. The number of esters is 1. The van der Waals surface area contributed by atoms with Crippen LogP contribution in [0.2, 0.25) is 0 Å². The Morgan fingerprint density at radius 1 is 1.47 bits per heavy atom. The van der Waals surface area contributed by atoms with Gasteiger partial charge in [0, 0.05) is 6.54 Å². The first kappa shape index (κ1) is 15.2. The molecule has 1 heterocycles. The molecule has 106 valence electrons. The quantitative estimate of drug-likeness (QED) is 0.598. The average molecular weight is 288 g/mol. The van der Waals surface area contributed by atoms with Crippen LogP contribution in [0.3, 0.4) is 0 Å². The highest BCUT2D eigenvalue weighted by Crippen LogP contribution is 2.15. The molecule has 0 unspecified atom stereocenters. The maximum Gasteiger partial charge on any atom is 0.356 e. The molecule has 8 nitrogen and oxygen atoms in total. The molecule has 19 heavy (non-hydrogen) atoms. The minimum Gasteiger partial charge on any atom is -0.464 e. The second kappa shape index (κ2) is 6.34. The molecule has 4 N–H and O–H groups in total.